The van der Waals surface area contributed by atoms with Crippen molar-refractivity contribution >= 4 is 0 Å². The van der Waals surface area contributed by atoms with Crippen LogP contribution in [-0.2, 0) is 0 Å². The Morgan fingerprint density at radius 1 is 1.33 bits per heavy atom. The van der Waals surface area contributed by atoms with Gasteiger partial charge in [0.15, 0.2) is 0 Å². The van der Waals surface area contributed by atoms with Crippen molar-refractivity contribution in [2.24, 2.45) is 0 Å². The molecule has 72 valence electrons. The van der Waals surface area contributed by atoms with Crippen molar-refractivity contribution in [2.45, 2.75) is 27.2 Å². The van der Waals surface area contributed by atoms with E-state index in [2.05, 4.69) is 31.7 Å². The molecule has 0 aromatic heterocycles. The maximum atomic E-state index is 8.77. The van der Waals surface area contributed by atoms with Crippen molar-refractivity contribution in [1.29, 1.82) is 0 Å². The SMILES string of the molecule is CCCN(CC=C(C)C)CCO. The minimum absolute atomic E-state index is 0.261. The molecule has 0 spiro atoms. The summed E-state index contributed by atoms with van der Waals surface area (Å²) >= 11 is 0. The summed E-state index contributed by atoms with van der Waals surface area (Å²) in [6, 6.07) is 0. The highest BCUT2D eigenvalue weighted by molar-refractivity contribution is 4.94. The second-order valence-electron chi connectivity index (χ2n) is 3.31. The molecule has 0 aliphatic carbocycles. The predicted octanol–water partition coefficient (Wildman–Crippen LogP) is 1.66. The lowest BCUT2D eigenvalue weighted by Crippen LogP contribution is -2.27. The molecule has 0 aromatic rings. The van der Waals surface area contributed by atoms with Crippen LogP contribution in [0.15, 0.2) is 11.6 Å². The fourth-order valence-electron chi connectivity index (χ4n) is 1.06. The number of hydrogen-bond donors (Lipinski definition) is 1. The van der Waals surface area contributed by atoms with Gasteiger partial charge >= 0.3 is 0 Å². The van der Waals surface area contributed by atoms with Crippen LogP contribution in [0.2, 0.25) is 0 Å². The van der Waals surface area contributed by atoms with E-state index in [9.17, 15) is 0 Å². The quantitative estimate of drug-likeness (QED) is 0.614. The number of hydrogen-bond acceptors (Lipinski definition) is 2. The van der Waals surface area contributed by atoms with Crippen molar-refractivity contribution in [3.8, 4) is 0 Å². The molecular formula is C10H21NO. The van der Waals surface area contributed by atoms with Crippen LogP contribution in [-0.4, -0.2) is 36.2 Å². The Balaban J connectivity index is 3.69. The molecular weight excluding hydrogens is 150 g/mol. The molecule has 0 saturated heterocycles. The van der Waals surface area contributed by atoms with Gasteiger partial charge in [0, 0.05) is 13.1 Å². The van der Waals surface area contributed by atoms with Crippen molar-refractivity contribution in [1.82, 2.24) is 4.90 Å². The molecule has 0 fully saturated rings. The number of rotatable bonds is 6. The predicted molar refractivity (Wildman–Crippen MR) is 53.2 cm³/mol. The molecule has 0 atom stereocenters. The van der Waals surface area contributed by atoms with E-state index in [1.54, 1.807) is 0 Å². The summed E-state index contributed by atoms with van der Waals surface area (Å²) in [5, 5.41) is 8.77. The van der Waals surface area contributed by atoms with Crippen LogP contribution in [0.25, 0.3) is 0 Å². The summed E-state index contributed by atoms with van der Waals surface area (Å²) in [5.41, 5.74) is 1.34. The first-order chi connectivity index (χ1) is 5.70. The highest BCUT2D eigenvalue weighted by Gasteiger charge is 1.99. The number of nitrogens with zero attached hydrogens (tertiary/aromatic N) is 1. The molecule has 0 radical (unpaired) electrons. The zero-order valence-electron chi connectivity index (χ0n) is 8.51. The molecule has 0 aliphatic heterocycles. The molecule has 0 rings (SSSR count). The summed E-state index contributed by atoms with van der Waals surface area (Å²) < 4.78 is 0. The minimum Gasteiger partial charge on any atom is -0.395 e. The summed E-state index contributed by atoms with van der Waals surface area (Å²) in [5.74, 6) is 0. The third kappa shape index (κ3) is 6.38. The topological polar surface area (TPSA) is 23.5 Å². The first kappa shape index (κ1) is 11.7. The zero-order chi connectivity index (χ0) is 9.40. The van der Waals surface area contributed by atoms with Crippen LogP contribution < -0.4 is 0 Å². The van der Waals surface area contributed by atoms with Crippen LogP contribution in [0.4, 0.5) is 0 Å². The Morgan fingerprint density at radius 2 is 2.00 bits per heavy atom. The van der Waals surface area contributed by atoms with E-state index in [4.69, 9.17) is 5.11 Å². The normalized spacial score (nSPS) is 10.4. The van der Waals surface area contributed by atoms with E-state index in [1.165, 1.54) is 5.57 Å². The lowest BCUT2D eigenvalue weighted by Gasteiger charge is -2.18. The van der Waals surface area contributed by atoms with Crippen molar-refractivity contribution < 1.29 is 5.11 Å². The Bertz CT molecular complexity index is 122. The average molecular weight is 171 g/mol. The summed E-state index contributed by atoms with van der Waals surface area (Å²) in [7, 11) is 0. The molecule has 1 N–H and O–H groups in total. The molecule has 0 heterocycles. The van der Waals surface area contributed by atoms with Crippen LogP contribution in [0, 0.1) is 0 Å². The van der Waals surface area contributed by atoms with E-state index in [0.717, 1.165) is 26.1 Å². The third-order valence-corrected chi connectivity index (χ3v) is 1.71. The van der Waals surface area contributed by atoms with Gasteiger partial charge in [-0.05, 0) is 26.8 Å². The van der Waals surface area contributed by atoms with E-state index in [1.807, 2.05) is 0 Å². The van der Waals surface area contributed by atoms with Gasteiger partial charge in [-0.2, -0.15) is 0 Å². The smallest absolute Gasteiger partial charge is 0.0558 e. The number of aliphatic hydroxyl groups is 1. The van der Waals surface area contributed by atoms with E-state index < -0.39 is 0 Å². The van der Waals surface area contributed by atoms with Crippen molar-refractivity contribution in [3.05, 3.63) is 11.6 Å². The maximum Gasteiger partial charge on any atom is 0.0558 e. The minimum atomic E-state index is 0.261. The molecule has 2 nitrogen and oxygen atoms in total. The lowest BCUT2D eigenvalue weighted by molar-refractivity contribution is 0.208. The Kier molecular flexibility index (Phi) is 7.11. The van der Waals surface area contributed by atoms with Crippen molar-refractivity contribution in [3.63, 3.8) is 0 Å². The van der Waals surface area contributed by atoms with E-state index in [0.29, 0.717) is 0 Å². The molecule has 0 saturated carbocycles. The molecule has 0 amide bonds. The summed E-state index contributed by atoms with van der Waals surface area (Å²) in [6.45, 7) is 9.45. The average Bonchev–Trinajstić information content (AvgIpc) is 2.01. The zero-order valence-corrected chi connectivity index (χ0v) is 8.51. The van der Waals surface area contributed by atoms with Crippen LogP contribution in [0.1, 0.15) is 27.2 Å². The second-order valence-corrected chi connectivity index (χ2v) is 3.31. The van der Waals surface area contributed by atoms with Gasteiger partial charge in [0.1, 0.15) is 0 Å². The Hall–Kier alpha value is -0.340. The largest absolute Gasteiger partial charge is 0.395 e. The second kappa shape index (κ2) is 7.32. The highest BCUT2D eigenvalue weighted by Crippen LogP contribution is 1.94. The van der Waals surface area contributed by atoms with Gasteiger partial charge in [-0.15, -0.1) is 0 Å². The standard InChI is InChI=1S/C10H21NO/c1-4-6-11(8-9-12)7-5-10(2)3/h5,12H,4,6-9H2,1-3H3. The van der Waals surface area contributed by atoms with Gasteiger partial charge in [0.2, 0.25) is 0 Å². The van der Waals surface area contributed by atoms with Gasteiger partial charge in [0.05, 0.1) is 6.61 Å². The number of aliphatic hydroxyl groups excluding tert-OH is 1. The maximum absolute atomic E-state index is 8.77. The molecule has 0 bridgehead atoms. The monoisotopic (exact) mass is 171 g/mol. The Morgan fingerprint density at radius 3 is 2.42 bits per heavy atom. The molecule has 2 heteroatoms. The first-order valence-corrected chi connectivity index (χ1v) is 4.67. The van der Waals surface area contributed by atoms with Gasteiger partial charge in [-0.25, -0.2) is 0 Å². The van der Waals surface area contributed by atoms with E-state index >= 15 is 0 Å². The highest BCUT2D eigenvalue weighted by atomic mass is 16.3. The van der Waals surface area contributed by atoms with Gasteiger partial charge in [-0.1, -0.05) is 18.6 Å². The lowest BCUT2D eigenvalue weighted by atomic mass is 10.3. The Labute approximate surface area is 75.9 Å². The molecule has 0 aromatic carbocycles. The molecule has 12 heavy (non-hydrogen) atoms. The fraction of sp³-hybridized carbons (Fsp3) is 0.800. The van der Waals surface area contributed by atoms with Crippen molar-refractivity contribution in [2.75, 3.05) is 26.2 Å². The fourth-order valence-corrected chi connectivity index (χ4v) is 1.06. The molecule has 0 unspecified atom stereocenters. The van der Waals surface area contributed by atoms with Gasteiger partial charge < -0.3 is 5.11 Å². The summed E-state index contributed by atoms with van der Waals surface area (Å²) in [6.07, 6.45) is 3.35. The summed E-state index contributed by atoms with van der Waals surface area (Å²) in [4.78, 5) is 2.26. The van der Waals surface area contributed by atoms with Crippen LogP contribution in [0.5, 0.6) is 0 Å². The van der Waals surface area contributed by atoms with Crippen LogP contribution >= 0.6 is 0 Å². The number of allylic oxidation sites excluding steroid dienone is 1. The molecule has 0 aliphatic rings. The van der Waals surface area contributed by atoms with Gasteiger partial charge in [-0.3, -0.25) is 4.90 Å². The van der Waals surface area contributed by atoms with Crippen LogP contribution in [0.3, 0.4) is 0 Å². The third-order valence-electron chi connectivity index (χ3n) is 1.71. The van der Waals surface area contributed by atoms with Gasteiger partial charge in [0.25, 0.3) is 0 Å². The van der Waals surface area contributed by atoms with E-state index in [-0.39, 0.29) is 6.61 Å². The first-order valence-electron chi connectivity index (χ1n) is 4.67.